The first-order valence-corrected chi connectivity index (χ1v) is 25.1. The lowest BCUT2D eigenvalue weighted by Gasteiger charge is -2.45. The van der Waals surface area contributed by atoms with Gasteiger partial charge in [-0.2, -0.15) is 0 Å². The molecule has 0 fully saturated rings. The van der Waals surface area contributed by atoms with Crippen LogP contribution in [-0.4, -0.2) is 46.1 Å². The summed E-state index contributed by atoms with van der Waals surface area (Å²) in [5.41, 5.74) is 0.885. The molecule has 0 radical (unpaired) electrons. The molecule has 0 heterocycles. The molecule has 6 nitrogen and oxygen atoms in total. The van der Waals surface area contributed by atoms with Crippen LogP contribution in [0, 0.1) is 0 Å². The molecule has 0 aliphatic rings. The number of imide groups is 1. The Morgan fingerprint density at radius 3 is 1.36 bits per heavy atom. The van der Waals surface area contributed by atoms with Gasteiger partial charge in [0, 0.05) is 12.1 Å². The molecule has 0 aliphatic heterocycles. The summed E-state index contributed by atoms with van der Waals surface area (Å²) in [6.45, 7) is 15.2. The number of carbonyl (C=O) groups excluding carboxylic acids is 2. The third-order valence-corrected chi connectivity index (χ3v) is 23.3. The highest BCUT2D eigenvalue weighted by atomic mass is 28.5. The highest BCUT2D eigenvalue weighted by molar-refractivity contribution is 6.98. The van der Waals surface area contributed by atoms with Crippen LogP contribution < -0.4 is 20.9 Å². The molecule has 3 aromatic rings. The van der Waals surface area contributed by atoms with Gasteiger partial charge in [0.05, 0.1) is 0 Å². The average Bonchev–Trinajstić information content (AvgIpc) is 2.94. The van der Waals surface area contributed by atoms with Crippen molar-refractivity contribution in [1.82, 2.24) is 5.32 Å². The molecule has 0 atom stereocenters. The van der Waals surface area contributed by atoms with Gasteiger partial charge in [-0.3, -0.25) is 14.9 Å². The summed E-state index contributed by atoms with van der Waals surface area (Å²) in [5, 5.41) is 5.75. The molecule has 0 saturated heterocycles. The zero-order valence-electron chi connectivity index (χ0n) is 26.0. The Hall–Kier alpha value is -2.71. The Balaban J connectivity index is 2.08. The van der Waals surface area contributed by atoms with Crippen LogP contribution in [0.4, 0.5) is 0 Å². The second kappa shape index (κ2) is 14.6. The number of amides is 2. The summed E-state index contributed by atoms with van der Waals surface area (Å²) in [6, 6.07) is 31.9. The molecule has 0 bridgehead atoms. The summed E-state index contributed by atoms with van der Waals surface area (Å²) in [5.74, 6) is -0.414. The highest BCUT2D eigenvalue weighted by Gasteiger charge is 2.53. The Bertz CT molecular complexity index is 1200. The van der Waals surface area contributed by atoms with Crippen molar-refractivity contribution in [3.8, 4) is 0 Å². The van der Waals surface area contributed by atoms with E-state index in [1.165, 1.54) is 21.6 Å². The maximum atomic E-state index is 12.0. The molecule has 0 saturated carbocycles. The van der Waals surface area contributed by atoms with Crippen LogP contribution in [-0.2, 0) is 21.9 Å². The minimum absolute atomic E-state index is 0.405. The van der Waals surface area contributed by atoms with Crippen molar-refractivity contribution in [2.75, 3.05) is 0 Å². The molecule has 0 unspecified atom stereocenters. The van der Waals surface area contributed by atoms with Crippen molar-refractivity contribution in [2.24, 2.45) is 0 Å². The summed E-state index contributed by atoms with van der Waals surface area (Å²) in [6.07, 6.45) is 3.27. The van der Waals surface area contributed by atoms with E-state index in [2.05, 4.69) is 117 Å². The lowest BCUT2D eigenvalue weighted by molar-refractivity contribution is -0.121. The Morgan fingerprint density at radius 2 is 1.02 bits per heavy atom. The normalized spacial score (nSPS) is 13.1. The van der Waals surface area contributed by atoms with E-state index >= 15 is 0 Å². The summed E-state index contributed by atoms with van der Waals surface area (Å²) < 4.78 is 22.2. The van der Waals surface area contributed by atoms with Gasteiger partial charge < -0.3 is 12.3 Å². The lowest BCUT2D eigenvalue weighted by atomic mass is 10.1. The molecule has 0 aliphatic carbocycles. The third-order valence-electron chi connectivity index (χ3n) is 7.27. The Labute approximate surface area is 255 Å². The largest absolute Gasteiger partial charge is 0.470 e. The van der Waals surface area contributed by atoms with E-state index in [0.717, 1.165) is 12.0 Å². The second-order valence-electron chi connectivity index (χ2n) is 12.1. The molecule has 42 heavy (non-hydrogen) atoms. The molecule has 2 amide bonds. The number of allylic oxidation sites excluding steroid dienone is 1. The van der Waals surface area contributed by atoms with E-state index in [4.69, 9.17) is 12.3 Å². The van der Waals surface area contributed by atoms with E-state index in [1.807, 2.05) is 25.1 Å². The number of benzene rings is 3. The first kappa shape index (κ1) is 33.8. The molecular weight excluding hydrogens is 591 g/mol. The molecule has 0 aromatic heterocycles. The predicted octanol–water partition coefficient (Wildman–Crippen LogP) is 5.31. The molecule has 224 valence electrons. The third kappa shape index (κ3) is 9.66. The number of hydrogen-bond donors (Lipinski definition) is 1. The SMILES string of the molecule is CC(=CC(=O)NC=O)CCC[Si](O[Si](C)(C)c1ccccc1)(O[Si](C)(C)c1ccccc1)O[Si](C)(C)c1ccccc1. The van der Waals surface area contributed by atoms with Crippen molar-refractivity contribution >= 4 is 61.6 Å². The monoisotopic (exact) mass is 635 g/mol. The maximum absolute atomic E-state index is 12.0. The van der Waals surface area contributed by atoms with Gasteiger partial charge in [-0.25, -0.2) is 0 Å². The van der Waals surface area contributed by atoms with Gasteiger partial charge >= 0.3 is 8.80 Å². The van der Waals surface area contributed by atoms with Gasteiger partial charge in [-0.05, 0) is 74.6 Å². The predicted molar refractivity (Wildman–Crippen MR) is 182 cm³/mol. The van der Waals surface area contributed by atoms with Crippen molar-refractivity contribution in [3.63, 3.8) is 0 Å². The zero-order valence-corrected chi connectivity index (χ0v) is 30.0. The van der Waals surface area contributed by atoms with Crippen LogP contribution in [0.5, 0.6) is 0 Å². The fraction of sp³-hybridized carbons (Fsp3) is 0.312. The smallest absolute Gasteiger partial charge is 0.412 e. The van der Waals surface area contributed by atoms with E-state index in [-0.39, 0.29) is 0 Å². The van der Waals surface area contributed by atoms with Crippen molar-refractivity contribution in [1.29, 1.82) is 0 Å². The van der Waals surface area contributed by atoms with Crippen molar-refractivity contribution in [3.05, 3.63) is 103 Å². The van der Waals surface area contributed by atoms with Gasteiger partial charge in [0.25, 0.3) is 0 Å². The number of hydrogen-bond acceptors (Lipinski definition) is 5. The Morgan fingerprint density at radius 1 is 0.667 bits per heavy atom. The molecule has 3 rings (SSSR count). The molecule has 1 N–H and O–H groups in total. The first-order chi connectivity index (χ1) is 19.8. The van der Waals surface area contributed by atoms with Crippen LogP contribution in [0.25, 0.3) is 0 Å². The van der Waals surface area contributed by atoms with E-state index in [1.54, 1.807) is 0 Å². The topological polar surface area (TPSA) is 73.9 Å². The molecular formula is C32H45NO5Si4. The fourth-order valence-electron chi connectivity index (χ4n) is 5.06. The fourth-order valence-corrected chi connectivity index (χ4v) is 22.2. The summed E-state index contributed by atoms with van der Waals surface area (Å²) in [7, 11) is -10.8. The quantitative estimate of drug-likeness (QED) is 0.139. The highest BCUT2D eigenvalue weighted by Crippen LogP contribution is 2.31. The number of carbonyl (C=O) groups is 2. The number of rotatable bonds is 15. The second-order valence-corrected chi connectivity index (χ2v) is 27.2. The van der Waals surface area contributed by atoms with Gasteiger partial charge in [0.2, 0.25) is 37.3 Å². The number of nitrogens with one attached hydrogen (secondary N) is 1. The molecule has 0 spiro atoms. The summed E-state index contributed by atoms with van der Waals surface area (Å²) >= 11 is 0. The standard InChI is InChI=1S/C32H45NO5Si4/c1-28(26-32(35)33-27-34)18-17-25-42(36-39(2,3)29-19-11-8-12-20-29,37-40(4,5)30-21-13-9-14-22-30)38-41(6,7)31-23-15-10-16-24-31/h8-16,19-24,26-27H,17-18,25H2,1-7H3,(H,33,34,35). The minimum atomic E-state index is -3.37. The van der Waals surface area contributed by atoms with Crippen molar-refractivity contribution < 1.29 is 21.9 Å². The van der Waals surface area contributed by atoms with Crippen molar-refractivity contribution in [2.45, 2.75) is 65.1 Å². The molecule has 10 heteroatoms. The van der Waals surface area contributed by atoms with E-state index in [9.17, 15) is 9.59 Å². The van der Waals surface area contributed by atoms with Crippen LogP contribution in [0.3, 0.4) is 0 Å². The lowest BCUT2D eigenvalue weighted by Crippen LogP contribution is -2.67. The van der Waals surface area contributed by atoms with E-state index in [0.29, 0.717) is 18.9 Å². The van der Waals surface area contributed by atoms with Crippen LogP contribution in [0.2, 0.25) is 45.3 Å². The average molecular weight is 636 g/mol. The Kier molecular flexibility index (Phi) is 11.8. The first-order valence-electron chi connectivity index (χ1n) is 14.5. The van der Waals surface area contributed by atoms with Gasteiger partial charge in [-0.15, -0.1) is 0 Å². The van der Waals surface area contributed by atoms with Crippen LogP contribution >= 0.6 is 0 Å². The zero-order chi connectivity index (χ0) is 30.9. The van der Waals surface area contributed by atoms with Gasteiger partial charge in [-0.1, -0.05) is 96.6 Å². The maximum Gasteiger partial charge on any atom is 0.470 e. The van der Waals surface area contributed by atoms with Gasteiger partial charge in [0.15, 0.2) is 0 Å². The summed E-state index contributed by atoms with van der Waals surface area (Å²) in [4.78, 5) is 22.7. The van der Waals surface area contributed by atoms with Crippen LogP contribution in [0.15, 0.2) is 103 Å². The molecule has 3 aromatic carbocycles. The van der Waals surface area contributed by atoms with E-state index < -0.39 is 39.7 Å². The minimum Gasteiger partial charge on any atom is -0.412 e. The van der Waals surface area contributed by atoms with Gasteiger partial charge in [0.1, 0.15) is 0 Å². The van der Waals surface area contributed by atoms with Crippen LogP contribution in [0.1, 0.15) is 19.8 Å².